The highest BCUT2D eigenvalue weighted by Crippen LogP contribution is 2.42. The van der Waals surface area contributed by atoms with Gasteiger partial charge in [-0.3, -0.25) is 0 Å². The highest BCUT2D eigenvalue weighted by atomic mass is 79.9. The zero-order valence-electron chi connectivity index (χ0n) is 15.9. The molecular formula is C28H15BrO. The Hall–Kier alpha value is -3.36. The molecule has 7 rings (SSSR count). The average molecular weight is 447 g/mol. The van der Waals surface area contributed by atoms with E-state index in [9.17, 15) is 0 Å². The van der Waals surface area contributed by atoms with Crippen LogP contribution < -0.4 is 0 Å². The van der Waals surface area contributed by atoms with E-state index in [-0.39, 0.29) is 0 Å². The number of furan rings is 1. The van der Waals surface area contributed by atoms with Gasteiger partial charge < -0.3 is 4.42 Å². The quantitative estimate of drug-likeness (QED) is 0.212. The third-order valence-electron chi connectivity index (χ3n) is 6.28. The van der Waals surface area contributed by atoms with Crippen molar-refractivity contribution in [3.8, 4) is 0 Å². The van der Waals surface area contributed by atoms with E-state index in [1.165, 1.54) is 43.1 Å². The minimum absolute atomic E-state index is 0.919. The number of hydrogen-bond acceptors (Lipinski definition) is 1. The molecule has 0 aliphatic heterocycles. The van der Waals surface area contributed by atoms with Crippen molar-refractivity contribution >= 4 is 81.0 Å². The van der Waals surface area contributed by atoms with E-state index in [0.717, 1.165) is 26.4 Å². The molecule has 0 spiro atoms. The zero-order valence-corrected chi connectivity index (χ0v) is 17.5. The Morgan fingerprint density at radius 3 is 2.07 bits per heavy atom. The predicted octanol–water partition coefficient (Wildman–Crippen LogP) is 8.96. The normalized spacial score (nSPS) is 12.2. The van der Waals surface area contributed by atoms with Crippen LogP contribution in [0.2, 0.25) is 0 Å². The molecule has 0 amide bonds. The summed E-state index contributed by atoms with van der Waals surface area (Å²) in [4.78, 5) is 0. The zero-order chi connectivity index (χ0) is 19.8. The van der Waals surface area contributed by atoms with Crippen LogP contribution in [0.5, 0.6) is 0 Å². The smallest absolute Gasteiger partial charge is 0.136 e. The van der Waals surface area contributed by atoms with Gasteiger partial charge in [-0.2, -0.15) is 0 Å². The van der Waals surface area contributed by atoms with Crippen LogP contribution in [0.25, 0.3) is 65.0 Å². The fourth-order valence-electron chi connectivity index (χ4n) is 4.96. The Morgan fingerprint density at radius 1 is 0.467 bits per heavy atom. The molecule has 0 atom stereocenters. The largest absolute Gasteiger partial charge is 0.456 e. The van der Waals surface area contributed by atoms with Crippen molar-refractivity contribution in [3.05, 3.63) is 95.5 Å². The molecule has 1 heterocycles. The van der Waals surface area contributed by atoms with Crippen molar-refractivity contribution in [2.75, 3.05) is 0 Å². The fraction of sp³-hybridized carbons (Fsp3) is 0. The first-order valence-electron chi connectivity index (χ1n) is 10.1. The number of rotatable bonds is 0. The van der Waals surface area contributed by atoms with E-state index in [2.05, 4.69) is 94.8 Å². The fourth-order valence-corrected chi connectivity index (χ4v) is 5.32. The third kappa shape index (κ3) is 2.12. The second-order valence-corrected chi connectivity index (χ2v) is 8.81. The van der Waals surface area contributed by atoms with Crippen LogP contribution in [0, 0.1) is 0 Å². The number of hydrogen-bond donors (Lipinski definition) is 0. The molecule has 140 valence electrons. The van der Waals surface area contributed by atoms with Crippen LogP contribution in [0.15, 0.2) is 99.9 Å². The van der Waals surface area contributed by atoms with Crippen molar-refractivity contribution in [3.63, 3.8) is 0 Å². The van der Waals surface area contributed by atoms with Gasteiger partial charge in [0.2, 0.25) is 0 Å². The van der Waals surface area contributed by atoms with E-state index < -0.39 is 0 Å². The molecule has 2 heteroatoms. The molecule has 0 radical (unpaired) electrons. The van der Waals surface area contributed by atoms with E-state index in [1.807, 2.05) is 12.1 Å². The van der Waals surface area contributed by atoms with Crippen LogP contribution in [-0.2, 0) is 0 Å². The first-order valence-corrected chi connectivity index (χ1v) is 10.8. The highest BCUT2D eigenvalue weighted by Gasteiger charge is 2.15. The second-order valence-electron chi connectivity index (χ2n) is 7.89. The molecule has 0 aliphatic carbocycles. The summed E-state index contributed by atoms with van der Waals surface area (Å²) in [5, 5.41) is 12.5. The lowest BCUT2D eigenvalue weighted by Crippen LogP contribution is -1.85. The van der Waals surface area contributed by atoms with E-state index in [1.54, 1.807) is 0 Å². The molecule has 30 heavy (non-hydrogen) atoms. The molecule has 6 aromatic carbocycles. The molecule has 1 nitrogen and oxygen atoms in total. The van der Waals surface area contributed by atoms with E-state index >= 15 is 0 Å². The minimum atomic E-state index is 0.919. The lowest BCUT2D eigenvalue weighted by molar-refractivity contribution is 0.669. The summed E-state index contributed by atoms with van der Waals surface area (Å²) in [6.07, 6.45) is 0. The van der Waals surface area contributed by atoms with Crippen molar-refractivity contribution in [1.29, 1.82) is 0 Å². The topological polar surface area (TPSA) is 13.1 Å². The molecular weight excluding hydrogens is 432 g/mol. The maximum absolute atomic E-state index is 6.24. The third-order valence-corrected chi connectivity index (χ3v) is 6.77. The number of fused-ring (bicyclic) bond motifs is 11. The van der Waals surface area contributed by atoms with Crippen molar-refractivity contribution < 1.29 is 4.42 Å². The van der Waals surface area contributed by atoms with Crippen molar-refractivity contribution in [1.82, 2.24) is 0 Å². The Labute approximate surface area is 180 Å². The summed E-state index contributed by atoms with van der Waals surface area (Å²) >= 11 is 3.61. The first-order chi connectivity index (χ1) is 14.8. The molecule has 0 N–H and O–H groups in total. The van der Waals surface area contributed by atoms with E-state index in [0.29, 0.717) is 0 Å². The van der Waals surface area contributed by atoms with Crippen LogP contribution in [0.3, 0.4) is 0 Å². The summed E-state index contributed by atoms with van der Waals surface area (Å²) in [5.74, 6) is 0. The number of halogens is 1. The van der Waals surface area contributed by atoms with Crippen molar-refractivity contribution in [2.24, 2.45) is 0 Å². The first kappa shape index (κ1) is 16.4. The van der Waals surface area contributed by atoms with Gasteiger partial charge in [0.05, 0.1) is 0 Å². The van der Waals surface area contributed by atoms with Gasteiger partial charge in [-0.1, -0.05) is 76.6 Å². The van der Waals surface area contributed by atoms with Gasteiger partial charge in [0.1, 0.15) is 11.2 Å². The van der Waals surface area contributed by atoms with Crippen LogP contribution in [-0.4, -0.2) is 0 Å². The van der Waals surface area contributed by atoms with Crippen LogP contribution in [0.1, 0.15) is 0 Å². The Kier molecular flexibility index (Phi) is 3.20. The molecule has 0 saturated carbocycles. The molecule has 0 unspecified atom stereocenters. The van der Waals surface area contributed by atoms with E-state index in [4.69, 9.17) is 4.42 Å². The minimum Gasteiger partial charge on any atom is -0.456 e. The maximum Gasteiger partial charge on any atom is 0.136 e. The predicted molar refractivity (Wildman–Crippen MR) is 131 cm³/mol. The number of benzene rings is 6. The maximum atomic E-state index is 6.24. The standard InChI is InChI=1S/C28H15BrO/c29-17-10-12-26-24(13-17)25-14-22-19-7-3-4-8-20(19)28-18-6-2-1-5-16(18)9-11-21(28)23(22)15-27(25)30-26/h1-15H. The van der Waals surface area contributed by atoms with Crippen LogP contribution in [0.4, 0.5) is 0 Å². The highest BCUT2D eigenvalue weighted by molar-refractivity contribution is 9.10. The lowest BCUT2D eigenvalue weighted by Gasteiger charge is -2.13. The Balaban J connectivity index is 1.80. The van der Waals surface area contributed by atoms with Gasteiger partial charge in [-0.15, -0.1) is 0 Å². The van der Waals surface area contributed by atoms with Gasteiger partial charge in [0, 0.05) is 15.2 Å². The summed E-state index contributed by atoms with van der Waals surface area (Å²) in [7, 11) is 0. The van der Waals surface area contributed by atoms with Gasteiger partial charge >= 0.3 is 0 Å². The summed E-state index contributed by atoms with van der Waals surface area (Å²) < 4.78 is 7.31. The SMILES string of the molecule is Brc1ccc2oc3cc4c(cc3c2c1)c1ccccc1c1c2ccccc2ccc41. The summed E-state index contributed by atoms with van der Waals surface area (Å²) in [6, 6.07) is 32.6. The van der Waals surface area contributed by atoms with Crippen LogP contribution >= 0.6 is 15.9 Å². The molecule has 7 aromatic rings. The summed E-state index contributed by atoms with van der Waals surface area (Å²) in [5.41, 5.74) is 1.85. The van der Waals surface area contributed by atoms with Gasteiger partial charge in [0.15, 0.2) is 0 Å². The second kappa shape index (κ2) is 5.84. The Morgan fingerprint density at radius 2 is 1.17 bits per heavy atom. The van der Waals surface area contributed by atoms with Gasteiger partial charge in [-0.25, -0.2) is 0 Å². The molecule has 0 aliphatic rings. The van der Waals surface area contributed by atoms with Gasteiger partial charge in [0.25, 0.3) is 0 Å². The molecule has 0 saturated heterocycles. The Bertz CT molecular complexity index is 1810. The molecule has 0 fully saturated rings. The van der Waals surface area contributed by atoms with Gasteiger partial charge in [-0.05, 0) is 73.4 Å². The lowest BCUT2D eigenvalue weighted by atomic mass is 9.90. The van der Waals surface area contributed by atoms with Crippen molar-refractivity contribution in [2.45, 2.75) is 0 Å². The summed E-state index contributed by atoms with van der Waals surface area (Å²) in [6.45, 7) is 0. The average Bonchev–Trinajstić information content (AvgIpc) is 3.14. The molecule has 1 aromatic heterocycles. The monoisotopic (exact) mass is 446 g/mol. The molecule has 0 bridgehead atoms.